The lowest BCUT2D eigenvalue weighted by Gasteiger charge is -2.13. The van der Waals surface area contributed by atoms with Crippen LogP contribution in [-0.2, 0) is 9.59 Å². The van der Waals surface area contributed by atoms with Crippen molar-refractivity contribution in [3.63, 3.8) is 0 Å². The first kappa shape index (κ1) is 17.8. The number of rotatable bonds is 6. The summed E-state index contributed by atoms with van der Waals surface area (Å²) >= 11 is 0. The Kier molecular flexibility index (Phi) is 5.42. The molecule has 1 amide bonds. The minimum absolute atomic E-state index is 0.00261. The molecule has 1 aromatic carbocycles. The molecule has 0 unspecified atom stereocenters. The average Bonchev–Trinajstić information content (AvgIpc) is 2.99. The summed E-state index contributed by atoms with van der Waals surface area (Å²) in [6.45, 7) is -0.422. The van der Waals surface area contributed by atoms with Gasteiger partial charge in [0.15, 0.2) is 6.61 Å². The van der Waals surface area contributed by atoms with E-state index in [1.54, 1.807) is 0 Å². The number of benzene rings is 1. The van der Waals surface area contributed by atoms with Gasteiger partial charge in [-0.3, -0.25) is 15.0 Å². The number of ether oxygens (including phenoxy) is 1. The zero-order valence-corrected chi connectivity index (χ0v) is 12.4. The van der Waals surface area contributed by atoms with Gasteiger partial charge in [-0.2, -0.15) is 13.2 Å². The highest BCUT2D eigenvalue weighted by atomic mass is 19.4. The van der Waals surface area contributed by atoms with Gasteiger partial charge in [0.05, 0.1) is 0 Å². The van der Waals surface area contributed by atoms with Crippen molar-refractivity contribution < 1.29 is 31.9 Å². The highest BCUT2D eigenvalue weighted by Crippen LogP contribution is 2.30. The lowest BCUT2D eigenvalue weighted by Crippen LogP contribution is -2.40. The van der Waals surface area contributed by atoms with Crippen molar-refractivity contribution in [3.8, 4) is 5.75 Å². The van der Waals surface area contributed by atoms with Crippen LogP contribution in [0.15, 0.2) is 35.5 Å². The van der Waals surface area contributed by atoms with Gasteiger partial charge >= 0.3 is 6.18 Å². The number of alkyl halides is 3. The van der Waals surface area contributed by atoms with Crippen molar-refractivity contribution in [3.05, 3.63) is 41.4 Å². The largest absolute Gasteiger partial charge is 0.484 e. The number of hydrazine groups is 1. The molecule has 0 fully saturated rings. The second kappa shape index (κ2) is 7.33. The summed E-state index contributed by atoms with van der Waals surface area (Å²) in [6, 6.07) is 4.97. The first-order valence-electron chi connectivity index (χ1n) is 7.04. The molecule has 1 aliphatic rings. The van der Waals surface area contributed by atoms with E-state index in [1.165, 1.54) is 12.1 Å². The molecule has 9 heteroatoms. The van der Waals surface area contributed by atoms with Gasteiger partial charge in [0.1, 0.15) is 11.6 Å². The van der Waals surface area contributed by atoms with Crippen LogP contribution in [0.5, 0.6) is 5.75 Å². The van der Waals surface area contributed by atoms with Crippen molar-refractivity contribution in [2.45, 2.75) is 25.4 Å². The monoisotopic (exact) mass is 346 g/mol. The molecule has 0 atom stereocenters. The molecule has 2 rings (SSSR count). The summed E-state index contributed by atoms with van der Waals surface area (Å²) < 4.78 is 55.2. The van der Waals surface area contributed by atoms with E-state index in [0.29, 0.717) is 6.42 Å². The van der Waals surface area contributed by atoms with Crippen LogP contribution in [0.25, 0.3) is 0 Å². The molecule has 1 aromatic rings. The Hall–Kier alpha value is -2.58. The molecular formula is C15H14F4N2O3. The normalized spacial score (nSPS) is 14.5. The Labute approximate surface area is 134 Å². The molecule has 0 saturated heterocycles. The number of carbonyl (C=O) groups excluding carboxylic acids is 2. The quantitative estimate of drug-likeness (QED) is 0.613. The van der Waals surface area contributed by atoms with Crippen LogP contribution in [0.1, 0.15) is 19.3 Å². The van der Waals surface area contributed by atoms with E-state index < -0.39 is 30.3 Å². The summed E-state index contributed by atoms with van der Waals surface area (Å²) in [5.74, 6) is -2.75. The smallest absolute Gasteiger partial charge is 0.454 e. The number of nitrogens with one attached hydrogen (secondary N) is 2. The van der Waals surface area contributed by atoms with Crippen LogP contribution < -0.4 is 15.6 Å². The number of halogens is 4. The van der Waals surface area contributed by atoms with Crippen LogP contribution in [-0.4, -0.2) is 24.5 Å². The number of carbonyl (C=O) groups is 2. The third-order valence-electron chi connectivity index (χ3n) is 3.29. The molecule has 0 spiro atoms. The fraction of sp³-hybridized carbons (Fsp3) is 0.333. The Morgan fingerprint density at radius 2 is 1.79 bits per heavy atom. The van der Waals surface area contributed by atoms with Gasteiger partial charge < -0.3 is 10.2 Å². The predicted molar refractivity (Wildman–Crippen MR) is 75.1 cm³/mol. The number of Topliss-reactive ketones (excluding diaryl/α,β-unsaturated/α-hetero) is 1. The Balaban J connectivity index is 1.86. The SMILES string of the molecule is O=C(COc1ccc(F)cc1)NNC1=C(C(=O)C(F)(F)F)CCC1. The zero-order chi connectivity index (χ0) is 17.7. The maximum Gasteiger partial charge on any atom is 0.454 e. The fourth-order valence-electron chi connectivity index (χ4n) is 2.16. The standard InChI is InChI=1S/C15H14F4N2O3/c16-9-4-6-10(7-5-9)24-8-13(22)21-20-12-3-1-2-11(12)14(23)15(17,18)19/h4-7,20H,1-3,8H2,(H,21,22). The van der Waals surface area contributed by atoms with Gasteiger partial charge in [-0.05, 0) is 43.5 Å². The maximum atomic E-state index is 12.7. The second-order valence-electron chi connectivity index (χ2n) is 5.05. The van der Waals surface area contributed by atoms with Gasteiger partial charge in [0, 0.05) is 11.3 Å². The van der Waals surface area contributed by atoms with Gasteiger partial charge in [-0.1, -0.05) is 0 Å². The second-order valence-corrected chi connectivity index (χ2v) is 5.05. The number of hydrogen-bond acceptors (Lipinski definition) is 4. The first-order valence-corrected chi connectivity index (χ1v) is 7.04. The maximum absolute atomic E-state index is 12.7. The molecule has 2 N–H and O–H groups in total. The molecule has 0 bridgehead atoms. The van der Waals surface area contributed by atoms with Crippen LogP contribution in [0, 0.1) is 5.82 Å². The fourth-order valence-corrected chi connectivity index (χ4v) is 2.16. The van der Waals surface area contributed by atoms with Gasteiger partial charge in [-0.25, -0.2) is 4.39 Å². The zero-order valence-electron chi connectivity index (χ0n) is 12.4. The van der Waals surface area contributed by atoms with Gasteiger partial charge in [0.25, 0.3) is 11.7 Å². The third-order valence-corrected chi connectivity index (χ3v) is 3.29. The molecule has 0 heterocycles. The Morgan fingerprint density at radius 3 is 2.42 bits per heavy atom. The molecule has 0 radical (unpaired) electrons. The van der Waals surface area contributed by atoms with Gasteiger partial charge in [-0.15, -0.1) is 0 Å². The summed E-state index contributed by atoms with van der Waals surface area (Å²) in [5.41, 5.74) is 4.20. The van der Waals surface area contributed by atoms with E-state index >= 15 is 0 Å². The van der Waals surface area contributed by atoms with E-state index in [1.807, 2.05) is 0 Å². The molecule has 130 valence electrons. The minimum Gasteiger partial charge on any atom is -0.484 e. The summed E-state index contributed by atoms with van der Waals surface area (Å²) in [4.78, 5) is 22.9. The van der Waals surface area contributed by atoms with Crippen molar-refractivity contribution in [2.75, 3.05) is 6.61 Å². The summed E-state index contributed by atoms with van der Waals surface area (Å²) in [5, 5.41) is 0. The highest BCUT2D eigenvalue weighted by molar-refractivity contribution is 6.00. The number of hydrogen-bond donors (Lipinski definition) is 2. The van der Waals surface area contributed by atoms with E-state index in [9.17, 15) is 27.2 Å². The molecule has 24 heavy (non-hydrogen) atoms. The average molecular weight is 346 g/mol. The van der Waals surface area contributed by atoms with Crippen molar-refractivity contribution >= 4 is 11.7 Å². The topological polar surface area (TPSA) is 67.4 Å². The predicted octanol–water partition coefficient (Wildman–Crippen LogP) is 2.39. The van der Waals surface area contributed by atoms with Crippen LogP contribution in [0.2, 0.25) is 0 Å². The molecule has 1 aliphatic carbocycles. The minimum atomic E-state index is -4.94. The number of amides is 1. The summed E-state index contributed by atoms with van der Waals surface area (Å²) in [7, 11) is 0. The van der Waals surface area contributed by atoms with Crippen molar-refractivity contribution in [2.24, 2.45) is 0 Å². The van der Waals surface area contributed by atoms with Crippen molar-refractivity contribution in [1.29, 1.82) is 0 Å². The lowest BCUT2D eigenvalue weighted by atomic mass is 10.1. The molecule has 0 saturated carbocycles. The van der Waals surface area contributed by atoms with Crippen LogP contribution in [0.3, 0.4) is 0 Å². The third kappa shape index (κ3) is 4.71. The summed E-state index contributed by atoms with van der Waals surface area (Å²) in [6.07, 6.45) is -4.32. The van der Waals surface area contributed by atoms with Crippen molar-refractivity contribution in [1.82, 2.24) is 10.9 Å². The van der Waals surface area contributed by atoms with E-state index in [4.69, 9.17) is 4.74 Å². The number of ketones is 1. The molecule has 0 aromatic heterocycles. The molecule has 0 aliphatic heterocycles. The van der Waals surface area contributed by atoms with E-state index in [2.05, 4.69) is 10.9 Å². The Bertz CT molecular complexity index is 654. The highest BCUT2D eigenvalue weighted by Gasteiger charge is 2.42. The lowest BCUT2D eigenvalue weighted by molar-refractivity contribution is -0.166. The molecule has 5 nitrogen and oxygen atoms in total. The van der Waals surface area contributed by atoms with E-state index in [0.717, 1.165) is 12.1 Å². The number of allylic oxidation sites excluding steroid dienone is 2. The van der Waals surface area contributed by atoms with Crippen LogP contribution >= 0.6 is 0 Å². The van der Waals surface area contributed by atoms with Gasteiger partial charge in [0.2, 0.25) is 0 Å². The Morgan fingerprint density at radius 1 is 1.12 bits per heavy atom. The molecular weight excluding hydrogens is 332 g/mol. The van der Waals surface area contributed by atoms with E-state index in [-0.39, 0.29) is 29.9 Å². The van der Waals surface area contributed by atoms with Crippen LogP contribution in [0.4, 0.5) is 17.6 Å². The first-order chi connectivity index (χ1) is 11.3.